The number of carbonyl (C=O) groups is 1. The highest BCUT2D eigenvalue weighted by Crippen LogP contribution is 2.19. The van der Waals surface area contributed by atoms with E-state index in [-0.39, 0.29) is 0 Å². The predicted octanol–water partition coefficient (Wildman–Crippen LogP) is 1.31. The number of pyridine rings is 1. The molecule has 1 aromatic rings. The lowest BCUT2D eigenvalue weighted by Gasteiger charge is -2.20. The van der Waals surface area contributed by atoms with Crippen molar-refractivity contribution in [3.05, 3.63) is 17.8 Å². The second kappa shape index (κ2) is 7.58. The van der Waals surface area contributed by atoms with E-state index in [1.165, 1.54) is 6.20 Å². The Labute approximate surface area is 113 Å². The van der Waals surface area contributed by atoms with E-state index >= 15 is 0 Å². The Morgan fingerprint density at radius 1 is 1.42 bits per heavy atom. The standard InChI is InChI=1S/C13H21N3O3/c1-4-18-7-6-16(3)12-11(13(17)19-5-2)8-10(14)9-15-12/h8-9H,4-7,14H2,1-3H3. The van der Waals surface area contributed by atoms with Gasteiger partial charge < -0.3 is 20.1 Å². The molecular weight excluding hydrogens is 246 g/mol. The number of anilines is 2. The zero-order valence-electron chi connectivity index (χ0n) is 11.7. The van der Waals surface area contributed by atoms with Crippen LogP contribution in [0.25, 0.3) is 0 Å². The van der Waals surface area contributed by atoms with Crippen molar-refractivity contribution in [1.82, 2.24) is 4.98 Å². The van der Waals surface area contributed by atoms with Crippen LogP contribution in [0.5, 0.6) is 0 Å². The molecule has 0 amide bonds. The molecule has 6 heteroatoms. The van der Waals surface area contributed by atoms with E-state index < -0.39 is 5.97 Å². The van der Waals surface area contributed by atoms with Gasteiger partial charge in [-0.3, -0.25) is 0 Å². The van der Waals surface area contributed by atoms with Crippen molar-refractivity contribution in [1.29, 1.82) is 0 Å². The molecule has 0 bridgehead atoms. The second-order valence-electron chi connectivity index (χ2n) is 3.98. The molecule has 0 aliphatic heterocycles. The fourth-order valence-electron chi connectivity index (χ4n) is 1.59. The first-order chi connectivity index (χ1) is 9.10. The SMILES string of the molecule is CCOCCN(C)c1ncc(N)cc1C(=O)OCC. The van der Waals surface area contributed by atoms with Gasteiger partial charge in [-0.05, 0) is 19.9 Å². The smallest absolute Gasteiger partial charge is 0.341 e. The summed E-state index contributed by atoms with van der Waals surface area (Å²) in [5.41, 5.74) is 6.48. The lowest BCUT2D eigenvalue weighted by molar-refractivity contribution is 0.0526. The minimum Gasteiger partial charge on any atom is -0.462 e. The van der Waals surface area contributed by atoms with Crippen molar-refractivity contribution in [2.75, 3.05) is 44.0 Å². The number of ether oxygens (including phenoxy) is 2. The van der Waals surface area contributed by atoms with E-state index in [9.17, 15) is 4.79 Å². The molecule has 0 fully saturated rings. The monoisotopic (exact) mass is 267 g/mol. The minimum atomic E-state index is -0.416. The summed E-state index contributed by atoms with van der Waals surface area (Å²) in [6.07, 6.45) is 1.52. The zero-order chi connectivity index (χ0) is 14.3. The first kappa shape index (κ1) is 15.2. The van der Waals surface area contributed by atoms with Crippen LogP contribution in [0.2, 0.25) is 0 Å². The third kappa shape index (κ3) is 4.40. The minimum absolute atomic E-state index is 0.315. The largest absolute Gasteiger partial charge is 0.462 e. The molecule has 6 nitrogen and oxygen atoms in total. The summed E-state index contributed by atoms with van der Waals surface area (Å²) >= 11 is 0. The van der Waals surface area contributed by atoms with Gasteiger partial charge in [0.25, 0.3) is 0 Å². The maximum absolute atomic E-state index is 11.9. The van der Waals surface area contributed by atoms with Gasteiger partial charge in [0.2, 0.25) is 0 Å². The van der Waals surface area contributed by atoms with Gasteiger partial charge in [0.1, 0.15) is 11.4 Å². The van der Waals surface area contributed by atoms with Crippen molar-refractivity contribution in [3.63, 3.8) is 0 Å². The average Bonchev–Trinajstić information content (AvgIpc) is 2.39. The Kier molecular flexibility index (Phi) is 6.08. The number of esters is 1. The van der Waals surface area contributed by atoms with Crippen LogP contribution >= 0.6 is 0 Å². The van der Waals surface area contributed by atoms with Gasteiger partial charge in [-0.1, -0.05) is 0 Å². The maximum atomic E-state index is 11.9. The van der Waals surface area contributed by atoms with Crippen LogP contribution in [0.1, 0.15) is 24.2 Å². The molecule has 106 valence electrons. The summed E-state index contributed by atoms with van der Waals surface area (Å²) in [7, 11) is 1.85. The summed E-state index contributed by atoms with van der Waals surface area (Å²) in [6.45, 7) is 5.88. The Bertz CT molecular complexity index is 424. The van der Waals surface area contributed by atoms with Crippen molar-refractivity contribution in [3.8, 4) is 0 Å². The molecule has 0 radical (unpaired) electrons. The number of nitrogens with zero attached hydrogens (tertiary/aromatic N) is 2. The van der Waals surface area contributed by atoms with E-state index in [4.69, 9.17) is 15.2 Å². The first-order valence-corrected chi connectivity index (χ1v) is 6.31. The van der Waals surface area contributed by atoms with E-state index in [1.54, 1.807) is 13.0 Å². The third-order valence-corrected chi connectivity index (χ3v) is 2.52. The number of carbonyl (C=O) groups excluding carboxylic acids is 1. The van der Waals surface area contributed by atoms with Crippen LogP contribution in [-0.4, -0.2) is 44.4 Å². The molecule has 19 heavy (non-hydrogen) atoms. The van der Waals surface area contributed by atoms with Crippen LogP contribution in [0, 0.1) is 0 Å². The van der Waals surface area contributed by atoms with Crippen molar-refractivity contribution in [2.45, 2.75) is 13.8 Å². The first-order valence-electron chi connectivity index (χ1n) is 6.31. The number of nitrogens with two attached hydrogens (primary N) is 1. The van der Waals surface area contributed by atoms with Crippen molar-refractivity contribution in [2.24, 2.45) is 0 Å². The van der Waals surface area contributed by atoms with Crippen molar-refractivity contribution >= 4 is 17.5 Å². The highest BCUT2D eigenvalue weighted by Gasteiger charge is 2.17. The summed E-state index contributed by atoms with van der Waals surface area (Å²) in [6, 6.07) is 1.58. The van der Waals surface area contributed by atoms with Crippen LogP contribution in [-0.2, 0) is 9.47 Å². The molecule has 1 aromatic heterocycles. The number of aromatic nitrogens is 1. The summed E-state index contributed by atoms with van der Waals surface area (Å²) in [5, 5.41) is 0. The highest BCUT2D eigenvalue weighted by molar-refractivity contribution is 5.95. The molecule has 0 aliphatic rings. The Hall–Kier alpha value is -1.82. The highest BCUT2D eigenvalue weighted by atomic mass is 16.5. The van der Waals surface area contributed by atoms with Gasteiger partial charge in [-0.15, -0.1) is 0 Å². The van der Waals surface area contributed by atoms with Gasteiger partial charge in [0.05, 0.1) is 25.1 Å². The molecule has 0 saturated carbocycles. The molecule has 2 N–H and O–H groups in total. The molecule has 0 aromatic carbocycles. The molecule has 1 heterocycles. The summed E-state index contributed by atoms with van der Waals surface area (Å²) in [5.74, 6) is 0.132. The molecular formula is C13H21N3O3. The number of nitrogen functional groups attached to an aromatic ring is 1. The van der Waals surface area contributed by atoms with Gasteiger partial charge in [-0.25, -0.2) is 9.78 Å². The van der Waals surface area contributed by atoms with E-state index in [1.807, 2.05) is 18.9 Å². The fourth-order valence-corrected chi connectivity index (χ4v) is 1.59. The van der Waals surface area contributed by atoms with E-state index in [0.717, 1.165) is 0 Å². The van der Waals surface area contributed by atoms with Crippen LogP contribution < -0.4 is 10.6 Å². The average molecular weight is 267 g/mol. The number of likely N-dealkylation sites (N-methyl/N-ethyl adjacent to an activating group) is 1. The fraction of sp³-hybridized carbons (Fsp3) is 0.538. The summed E-state index contributed by atoms with van der Waals surface area (Å²) < 4.78 is 10.3. The lowest BCUT2D eigenvalue weighted by Crippen LogP contribution is -2.26. The van der Waals surface area contributed by atoms with Gasteiger partial charge in [-0.2, -0.15) is 0 Å². The van der Waals surface area contributed by atoms with Crippen LogP contribution in [0.3, 0.4) is 0 Å². The third-order valence-electron chi connectivity index (χ3n) is 2.52. The van der Waals surface area contributed by atoms with Gasteiger partial charge >= 0.3 is 5.97 Å². The van der Waals surface area contributed by atoms with E-state index in [0.29, 0.717) is 43.4 Å². The molecule has 0 spiro atoms. The zero-order valence-corrected chi connectivity index (χ0v) is 11.7. The number of rotatable bonds is 7. The number of hydrogen-bond donors (Lipinski definition) is 1. The predicted molar refractivity (Wildman–Crippen MR) is 74.4 cm³/mol. The van der Waals surface area contributed by atoms with Crippen molar-refractivity contribution < 1.29 is 14.3 Å². The normalized spacial score (nSPS) is 10.3. The Morgan fingerprint density at radius 3 is 2.79 bits per heavy atom. The Balaban J connectivity index is 2.89. The van der Waals surface area contributed by atoms with Crippen LogP contribution in [0.15, 0.2) is 12.3 Å². The molecule has 1 rings (SSSR count). The topological polar surface area (TPSA) is 77.7 Å². The lowest BCUT2D eigenvalue weighted by atomic mass is 10.2. The number of hydrogen-bond acceptors (Lipinski definition) is 6. The summed E-state index contributed by atoms with van der Waals surface area (Å²) in [4.78, 5) is 17.9. The van der Waals surface area contributed by atoms with Crippen LogP contribution in [0.4, 0.5) is 11.5 Å². The quantitative estimate of drug-likeness (QED) is 0.593. The molecule has 0 atom stereocenters. The molecule has 0 aliphatic carbocycles. The van der Waals surface area contributed by atoms with Gasteiger partial charge in [0, 0.05) is 20.2 Å². The molecule has 0 unspecified atom stereocenters. The van der Waals surface area contributed by atoms with Gasteiger partial charge in [0.15, 0.2) is 0 Å². The Morgan fingerprint density at radius 2 is 2.16 bits per heavy atom. The van der Waals surface area contributed by atoms with E-state index in [2.05, 4.69) is 4.98 Å². The second-order valence-corrected chi connectivity index (χ2v) is 3.98. The maximum Gasteiger partial charge on any atom is 0.341 e. The molecule has 0 saturated heterocycles.